The largest absolute Gasteiger partial charge is 0.493 e. The van der Waals surface area contributed by atoms with Gasteiger partial charge in [0, 0.05) is 41.6 Å². The molecule has 3 aromatic heterocycles. The molecule has 0 aliphatic carbocycles. The molecule has 38 heavy (non-hydrogen) atoms. The number of nitrogens with zero attached hydrogens (tertiary/aromatic N) is 3. The number of aryl methyl sites for hydroxylation is 2. The number of benzene rings is 1. The van der Waals surface area contributed by atoms with Crippen molar-refractivity contribution in [3.05, 3.63) is 70.5 Å². The van der Waals surface area contributed by atoms with Crippen molar-refractivity contribution in [2.75, 3.05) is 20.8 Å². The smallest absolute Gasteiger partial charge is 0.253 e. The molecule has 0 atom stereocenters. The molecule has 0 radical (unpaired) electrons. The molecule has 0 aliphatic heterocycles. The molecule has 0 spiro atoms. The molecule has 1 aromatic carbocycles. The topological polar surface area (TPSA) is 78.3 Å². The van der Waals surface area contributed by atoms with E-state index in [0.29, 0.717) is 30.2 Å². The number of carbonyl (C=O) groups excluding carboxylic acids is 1. The van der Waals surface area contributed by atoms with Crippen molar-refractivity contribution in [3.63, 3.8) is 0 Å². The summed E-state index contributed by atoms with van der Waals surface area (Å²) in [6.07, 6.45) is 5.47. The average Bonchev–Trinajstić information content (AvgIpc) is 3.56. The lowest BCUT2D eigenvalue weighted by Gasteiger charge is -2.13. The third-order valence-corrected chi connectivity index (χ3v) is 7.58. The van der Waals surface area contributed by atoms with Crippen LogP contribution in [-0.4, -0.2) is 41.2 Å². The number of hydrogen-bond acceptors (Lipinski definition) is 6. The Morgan fingerprint density at radius 2 is 1.89 bits per heavy atom. The van der Waals surface area contributed by atoms with Gasteiger partial charge in [0.15, 0.2) is 11.5 Å². The van der Waals surface area contributed by atoms with Crippen LogP contribution in [0.1, 0.15) is 54.0 Å². The van der Waals surface area contributed by atoms with Gasteiger partial charge in [0.25, 0.3) is 5.91 Å². The first-order valence-corrected chi connectivity index (χ1v) is 14.0. The minimum absolute atomic E-state index is 0.0424. The normalized spacial score (nSPS) is 11.0. The number of aromatic nitrogens is 3. The van der Waals surface area contributed by atoms with Crippen LogP contribution in [0.15, 0.2) is 48.0 Å². The fourth-order valence-electron chi connectivity index (χ4n) is 4.45. The van der Waals surface area contributed by atoms with Crippen LogP contribution in [0.25, 0.3) is 22.0 Å². The number of carbonyl (C=O) groups is 1. The maximum absolute atomic E-state index is 13.1. The number of nitrogens with one attached hydrogen (secondary N) is 1. The maximum Gasteiger partial charge on any atom is 0.253 e. The number of thiazole rings is 1. The van der Waals surface area contributed by atoms with E-state index in [9.17, 15) is 4.79 Å². The van der Waals surface area contributed by atoms with E-state index in [1.807, 2.05) is 43.5 Å². The zero-order valence-corrected chi connectivity index (χ0v) is 23.7. The predicted molar refractivity (Wildman–Crippen MR) is 153 cm³/mol. The molecule has 0 saturated carbocycles. The van der Waals surface area contributed by atoms with Crippen LogP contribution in [0.2, 0.25) is 0 Å². The van der Waals surface area contributed by atoms with Gasteiger partial charge in [-0.2, -0.15) is 0 Å². The summed E-state index contributed by atoms with van der Waals surface area (Å²) < 4.78 is 13.1. The van der Waals surface area contributed by atoms with Gasteiger partial charge in [-0.1, -0.05) is 26.3 Å². The Morgan fingerprint density at radius 1 is 1.08 bits per heavy atom. The maximum atomic E-state index is 13.1. The predicted octanol–water partition coefficient (Wildman–Crippen LogP) is 6.33. The molecule has 0 aliphatic rings. The van der Waals surface area contributed by atoms with Crippen molar-refractivity contribution in [2.45, 2.75) is 53.0 Å². The highest BCUT2D eigenvalue weighted by atomic mass is 32.1. The fraction of sp³-hybridized carbons (Fsp3) is 0.367. The first kappa shape index (κ1) is 27.4. The van der Waals surface area contributed by atoms with Crippen molar-refractivity contribution in [3.8, 4) is 33.5 Å². The van der Waals surface area contributed by atoms with Gasteiger partial charge >= 0.3 is 0 Å². The molecule has 0 fully saturated rings. The Bertz CT molecular complexity index is 1390. The summed E-state index contributed by atoms with van der Waals surface area (Å²) in [5, 5.41) is 6.08. The van der Waals surface area contributed by atoms with Gasteiger partial charge in [-0.15, -0.1) is 11.3 Å². The second kappa shape index (κ2) is 12.7. The summed E-state index contributed by atoms with van der Waals surface area (Å²) in [5.41, 5.74) is 6.65. The minimum Gasteiger partial charge on any atom is -0.493 e. The summed E-state index contributed by atoms with van der Waals surface area (Å²) in [7, 11) is 3.28. The Balaban J connectivity index is 1.67. The monoisotopic (exact) mass is 532 g/mol. The third kappa shape index (κ3) is 6.07. The van der Waals surface area contributed by atoms with Crippen LogP contribution >= 0.6 is 11.3 Å². The number of ether oxygens (including phenoxy) is 2. The number of unbranched alkanes of at least 4 members (excludes halogenated alkanes) is 1. The number of rotatable bonds is 12. The lowest BCUT2D eigenvalue weighted by molar-refractivity contribution is 0.0952. The summed E-state index contributed by atoms with van der Waals surface area (Å²) in [5.74, 6) is 1.37. The lowest BCUT2D eigenvalue weighted by atomic mass is 10.1. The van der Waals surface area contributed by atoms with Crippen molar-refractivity contribution >= 4 is 17.2 Å². The van der Waals surface area contributed by atoms with Gasteiger partial charge in [-0.05, 0) is 62.1 Å². The lowest BCUT2D eigenvalue weighted by Crippen LogP contribution is -2.24. The molecule has 1 amide bonds. The zero-order chi connectivity index (χ0) is 27.1. The van der Waals surface area contributed by atoms with Gasteiger partial charge in [-0.3, -0.25) is 9.78 Å². The van der Waals surface area contributed by atoms with E-state index in [2.05, 4.69) is 40.2 Å². The SMILES string of the molecule is CCCCNC(=O)c1cc(-c2csc(-c3ccnc(CC)c3)n2)n(CCc2ccc(OC)c(OC)c2)c1C. The Kier molecular flexibility index (Phi) is 9.18. The third-order valence-electron chi connectivity index (χ3n) is 6.69. The summed E-state index contributed by atoms with van der Waals surface area (Å²) in [6, 6.07) is 12.1. The van der Waals surface area contributed by atoms with Gasteiger partial charge < -0.3 is 19.4 Å². The quantitative estimate of drug-likeness (QED) is 0.216. The molecule has 0 saturated heterocycles. The molecule has 3 heterocycles. The van der Waals surface area contributed by atoms with Crippen molar-refractivity contribution in [1.29, 1.82) is 0 Å². The standard InChI is InChI=1S/C30H36N4O3S/c1-6-8-13-32-29(35)24-18-26(25-19-38-30(33-25)22-11-14-31-23(7-2)17-22)34(20(24)3)15-12-21-9-10-27(36-4)28(16-21)37-5/h9-11,14,16-19H,6-8,12-13,15H2,1-5H3,(H,32,35). The molecular weight excluding hydrogens is 496 g/mol. The highest BCUT2D eigenvalue weighted by molar-refractivity contribution is 7.13. The Labute approximate surface area is 228 Å². The first-order chi connectivity index (χ1) is 18.5. The van der Waals surface area contributed by atoms with Crippen molar-refractivity contribution < 1.29 is 14.3 Å². The van der Waals surface area contributed by atoms with Crippen LogP contribution in [0.3, 0.4) is 0 Å². The van der Waals surface area contributed by atoms with Crippen LogP contribution < -0.4 is 14.8 Å². The zero-order valence-electron chi connectivity index (χ0n) is 22.8. The van der Waals surface area contributed by atoms with Crippen LogP contribution in [0, 0.1) is 6.92 Å². The molecule has 0 bridgehead atoms. The van der Waals surface area contributed by atoms with E-state index in [1.54, 1.807) is 25.6 Å². The Hall–Kier alpha value is -3.65. The highest BCUT2D eigenvalue weighted by Crippen LogP contribution is 2.33. The molecule has 0 unspecified atom stereocenters. The molecular formula is C30H36N4O3S. The van der Waals surface area contributed by atoms with Gasteiger partial charge in [0.2, 0.25) is 0 Å². The van der Waals surface area contributed by atoms with E-state index in [1.165, 1.54) is 0 Å². The summed E-state index contributed by atoms with van der Waals surface area (Å²) in [6.45, 7) is 7.59. The van der Waals surface area contributed by atoms with Crippen LogP contribution in [0.4, 0.5) is 0 Å². The van der Waals surface area contributed by atoms with Crippen LogP contribution in [0.5, 0.6) is 11.5 Å². The average molecular weight is 533 g/mol. The highest BCUT2D eigenvalue weighted by Gasteiger charge is 2.20. The molecule has 7 nitrogen and oxygen atoms in total. The summed E-state index contributed by atoms with van der Waals surface area (Å²) >= 11 is 1.61. The van der Waals surface area contributed by atoms with Gasteiger partial charge in [-0.25, -0.2) is 4.98 Å². The van der Waals surface area contributed by atoms with Crippen molar-refractivity contribution in [2.24, 2.45) is 0 Å². The minimum atomic E-state index is -0.0424. The van der Waals surface area contributed by atoms with E-state index in [0.717, 1.165) is 64.6 Å². The first-order valence-electron chi connectivity index (χ1n) is 13.1. The summed E-state index contributed by atoms with van der Waals surface area (Å²) in [4.78, 5) is 22.5. The molecule has 200 valence electrons. The second-order valence-electron chi connectivity index (χ2n) is 9.16. The molecule has 4 aromatic rings. The number of hydrogen-bond donors (Lipinski definition) is 1. The number of pyridine rings is 1. The fourth-order valence-corrected chi connectivity index (χ4v) is 5.27. The van der Waals surface area contributed by atoms with E-state index >= 15 is 0 Å². The molecule has 8 heteroatoms. The van der Waals surface area contributed by atoms with Crippen LogP contribution in [-0.2, 0) is 19.4 Å². The second-order valence-corrected chi connectivity index (χ2v) is 10.0. The Morgan fingerprint density at radius 3 is 2.63 bits per heavy atom. The number of methoxy groups -OCH3 is 2. The van der Waals surface area contributed by atoms with Gasteiger partial charge in [0.1, 0.15) is 5.01 Å². The van der Waals surface area contributed by atoms with E-state index in [4.69, 9.17) is 14.5 Å². The number of amides is 1. The van der Waals surface area contributed by atoms with E-state index < -0.39 is 0 Å². The molecule has 1 N–H and O–H groups in total. The van der Waals surface area contributed by atoms with Crippen molar-refractivity contribution in [1.82, 2.24) is 19.9 Å². The molecule has 4 rings (SSSR count). The van der Waals surface area contributed by atoms with Gasteiger partial charge in [0.05, 0.1) is 31.2 Å². The van der Waals surface area contributed by atoms with E-state index in [-0.39, 0.29) is 5.91 Å².